The summed E-state index contributed by atoms with van der Waals surface area (Å²) in [7, 11) is 0. The summed E-state index contributed by atoms with van der Waals surface area (Å²) < 4.78 is 0. The molecule has 0 aromatic carbocycles. The minimum atomic E-state index is -0.457. The van der Waals surface area contributed by atoms with E-state index in [0.717, 1.165) is 0 Å². The Balaban J connectivity index is 2.84. The number of hydrogen-bond acceptors (Lipinski definition) is 5. The molecule has 1 aliphatic carbocycles. The van der Waals surface area contributed by atoms with E-state index in [1.165, 1.54) is 0 Å². The molecule has 11 heavy (non-hydrogen) atoms. The van der Waals surface area contributed by atoms with E-state index in [2.05, 4.69) is 10.3 Å². The quantitative estimate of drug-likeness (QED) is 0.393. The topological polar surface area (TPSA) is 82.2 Å². The normalized spacial score (nSPS) is 26.4. The highest BCUT2D eigenvalue weighted by atomic mass is 16.4. The highest BCUT2D eigenvalue weighted by Crippen LogP contribution is 2.09. The Labute approximate surface area is 63.0 Å². The van der Waals surface area contributed by atoms with E-state index in [9.17, 15) is 4.79 Å². The van der Waals surface area contributed by atoms with E-state index < -0.39 is 5.78 Å². The molecule has 0 heterocycles. The molecule has 5 nitrogen and oxygen atoms in total. The summed E-state index contributed by atoms with van der Waals surface area (Å²) in [6.45, 7) is 0. The molecule has 1 rings (SSSR count). The van der Waals surface area contributed by atoms with Gasteiger partial charge in [-0.05, 0) is 19.3 Å². The molecule has 0 bridgehead atoms. The van der Waals surface area contributed by atoms with E-state index in [1.807, 2.05) is 0 Å². The van der Waals surface area contributed by atoms with Crippen molar-refractivity contribution in [2.24, 2.45) is 10.3 Å². The number of carbonyl (C=O) groups is 1. The molecule has 1 saturated carbocycles. The maximum atomic E-state index is 11.0. The zero-order chi connectivity index (χ0) is 8.27. The SMILES string of the molecule is O=C1C(=NO)CCC/C1=N\O. The van der Waals surface area contributed by atoms with Crippen LogP contribution in [0.25, 0.3) is 0 Å². The largest absolute Gasteiger partial charge is 0.411 e. The van der Waals surface area contributed by atoms with Crippen molar-refractivity contribution in [3.05, 3.63) is 0 Å². The van der Waals surface area contributed by atoms with Crippen LogP contribution in [0.5, 0.6) is 0 Å². The van der Waals surface area contributed by atoms with Crippen LogP contribution in [0.1, 0.15) is 19.3 Å². The lowest BCUT2D eigenvalue weighted by Gasteiger charge is -2.09. The molecule has 0 atom stereocenters. The molecule has 0 spiro atoms. The first-order valence-corrected chi connectivity index (χ1v) is 3.26. The first-order chi connectivity index (χ1) is 5.29. The third-order valence-electron chi connectivity index (χ3n) is 1.59. The predicted octanol–water partition coefficient (Wildman–Crippen LogP) is 0.400. The van der Waals surface area contributed by atoms with Gasteiger partial charge in [0.1, 0.15) is 11.4 Å². The molecule has 0 aromatic rings. The monoisotopic (exact) mass is 156 g/mol. The maximum Gasteiger partial charge on any atom is 0.228 e. The van der Waals surface area contributed by atoms with Crippen LogP contribution < -0.4 is 0 Å². The fourth-order valence-corrected chi connectivity index (χ4v) is 1.01. The van der Waals surface area contributed by atoms with Gasteiger partial charge in [0.2, 0.25) is 5.78 Å². The molecule has 0 aliphatic heterocycles. The Morgan fingerprint density at radius 1 is 1.09 bits per heavy atom. The van der Waals surface area contributed by atoms with E-state index in [4.69, 9.17) is 10.4 Å². The third kappa shape index (κ3) is 1.36. The molecule has 0 aromatic heterocycles. The van der Waals surface area contributed by atoms with Crippen molar-refractivity contribution in [2.45, 2.75) is 19.3 Å². The average molecular weight is 156 g/mol. The number of ketones is 1. The summed E-state index contributed by atoms with van der Waals surface area (Å²) in [5, 5.41) is 22.2. The molecule has 0 amide bonds. The highest BCUT2D eigenvalue weighted by molar-refractivity contribution is 6.67. The van der Waals surface area contributed by atoms with Crippen LogP contribution in [0.4, 0.5) is 0 Å². The fourth-order valence-electron chi connectivity index (χ4n) is 1.01. The second-order valence-corrected chi connectivity index (χ2v) is 2.28. The third-order valence-corrected chi connectivity index (χ3v) is 1.59. The summed E-state index contributed by atoms with van der Waals surface area (Å²) >= 11 is 0. The summed E-state index contributed by atoms with van der Waals surface area (Å²) in [6.07, 6.45) is 1.59. The van der Waals surface area contributed by atoms with E-state index >= 15 is 0 Å². The molecular weight excluding hydrogens is 148 g/mol. The van der Waals surface area contributed by atoms with Gasteiger partial charge in [0.05, 0.1) is 0 Å². The Kier molecular flexibility index (Phi) is 2.20. The molecular formula is C6H8N2O3. The van der Waals surface area contributed by atoms with Gasteiger partial charge in [-0.15, -0.1) is 0 Å². The second-order valence-electron chi connectivity index (χ2n) is 2.28. The van der Waals surface area contributed by atoms with Crippen molar-refractivity contribution in [1.29, 1.82) is 0 Å². The smallest absolute Gasteiger partial charge is 0.228 e. The lowest BCUT2D eigenvalue weighted by molar-refractivity contribution is -0.108. The Morgan fingerprint density at radius 3 is 1.91 bits per heavy atom. The lowest BCUT2D eigenvalue weighted by Crippen LogP contribution is -2.28. The van der Waals surface area contributed by atoms with Gasteiger partial charge in [-0.3, -0.25) is 4.79 Å². The molecule has 60 valence electrons. The second kappa shape index (κ2) is 3.14. The molecule has 0 unspecified atom stereocenters. The first kappa shape index (κ1) is 7.71. The zero-order valence-corrected chi connectivity index (χ0v) is 5.82. The van der Waals surface area contributed by atoms with Crippen LogP contribution in [0.3, 0.4) is 0 Å². The van der Waals surface area contributed by atoms with Gasteiger partial charge in [0.25, 0.3) is 0 Å². The molecule has 2 N–H and O–H groups in total. The molecule has 1 aliphatic rings. The van der Waals surface area contributed by atoms with Gasteiger partial charge in [0.15, 0.2) is 0 Å². The van der Waals surface area contributed by atoms with E-state index in [1.54, 1.807) is 0 Å². The number of oxime groups is 2. The van der Waals surface area contributed by atoms with Crippen LogP contribution in [-0.2, 0) is 4.79 Å². The van der Waals surface area contributed by atoms with Gasteiger partial charge in [-0.25, -0.2) is 0 Å². The summed E-state index contributed by atoms with van der Waals surface area (Å²) in [5.74, 6) is -0.457. The predicted molar refractivity (Wildman–Crippen MR) is 37.3 cm³/mol. The van der Waals surface area contributed by atoms with Crippen molar-refractivity contribution >= 4 is 17.2 Å². The standard InChI is InChI=1S/C6H8N2O3/c9-6-4(7-10)2-1-3-5(6)8-11/h10-11H,1-3H2/b7-4+,8-5?. The summed E-state index contributed by atoms with van der Waals surface area (Å²) in [5.41, 5.74) is 0.146. The average Bonchev–Trinajstić information content (AvgIpc) is 2.05. The van der Waals surface area contributed by atoms with Gasteiger partial charge >= 0.3 is 0 Å². The van der Waals surface area contributed by atoms with Crippen LogP contribution in [0, 0.1) is 0 Å². The lowest BCUT2D eigenvalue weighted by atomic mass is 9.95. The fraction of sp³-hybridized carbons (Fsp3) is 0.500. The number of Topliss-reactive ketones (excluding diaryl/α,β-unsaturated/α-hetero) is 1. The van der Waals surface area contributed by atoms with E-state index in [-0.39, 0.29) is 11.4 Å². The first-order valence-electron chi connectivity index (χ1n) is 3.26. The number of carbonyl (C=O) groups excluding carboxylic acids is 1. The number of hydrogen-bond donors (Lipinski definition) is 2. The summed E-state index contributed by atoms with van der Waals surface area (Å²) in [6, 6.07) is 0. The van der Waals surface area contributed by atoms with Crippen molar-refractivity contribution < 1.29 is 15.2 Å². The van der Waals surface area contributed by atoms with Gasteiger partial charge in [0, 0.05) is 0 Å². The number of rotatable bonds is 0. The molecule has 0 saturated heterocycles. The Hall–Kier alpha value is -1.39. The van der Waals surface area contributed by atoms with Gasteiger partial charge in [-0.2, -0.15) is 0 Å². The van der Waals surface area contributed by atoms with Crippen LogP contribution >= 0.6 is 0 Å². The Bertz CT molecular complexity index is 210. The van der Waals surface area contributed by atoms with Crippen LogP contribution in [-0.4, -0.2) is 27.6 Å². The van der Waals surface area contributed by atoms with Crippen molar-refractivity contribution in [1.82, 2.24) is 0 Å². The van der Waals surface area contributed by atoms with Crippen molar-refractivity contribution in [3.63, 3.8) is 0 Å². The molecule has 1 fully saturated rings. The number of nitrogens with zero attached hydrogens (tertiary/aromatic N) is 2. The Morgan fingerprint density at radius 2 is 1.55 bits per heavy atom. The van der Waals surface area contributed by atoms with Gasteiger partial charge in [-0.1, -0.05) is 10.3 Å². The maximum absolute atomic E-state index is 11.0. The van der Waals surface area contributed by atoms with Crippen LogP contribution in [0.15, 0.2) is 10.3 Å². The molecule has 5 heteroatoms. The van der Waals surface area contributed by atoms with Crippen LogP contribution in [0.2, 0.25) is 0 Å². The highest BCUT2D eigenvalue weighted by Gasteiger charge is 2.24. The van der Waals surface area contributed by atoms with Gasteiger partial charge < -0.3 is 10.4 Å². The summed E-state index contributed by atoms with van der Waals surface area (Å²) in [4.78, 5) is 11.0. The minimum Gasteiger partial charge on any atom is -0.411 e. The molecule has 0 radical (unpaired) electrons. The minimum absolute atomic E-state index is 0.0732. The zero-order valence-electron chi connectivity index (χ0n) is 5.82. The van der Waals surface area contributed by atoms with Crippen molar-refractivity contribution in [2.75, 3.05) is 0 Å². The van der Waals surface area contributed by atoms with Crippen molar-refractivity contribution in [3.8, 4) is 0 Å². The van der Waals surface area contributed by atoms with E-state index in [0.29, 0.717) is 19.3 Å².